The first-order chi connectivity index (χ1) is 10.6. The maximum atomic E-state index is 10.5. The molecule has 6 nitrogen and oxygen atoms in total. The number of carbonyl (C=O) groups excluding carboxylic acids is 1. The first-order valence-corrected chi connectivity index (χ1v) is 7.98. The molecule has 0 bridgehead atoms. The standard InChI is InChI=1S/C15H14N4O2S/c1-8-2-3-9-10(6-8)22-15-13(9)14-17-11(4-5-12(20)21)18-19(14)7-16-15/h4-5,7-8H,2-3,6H2,1H3,(H,20,21)/p-1/b5-4+/t8-/m0/s1. The minimum absolute atomic E-state index is 0.350. The van der Waals surface area contributed by atoms with Crippen molar-refractivity contribution in [1.82, 2.24) is 19.6 Å². The lowest BCUT2D eigenvalue weighted by Crippen LogP contribution is -2.18. The number of aryl methyl sites for hydroxylation is 1. The van der Waals surface area contributed by atoms with Crippen molar-refractivity contribution in [2.75, 3.05) is 0 Å². The first-order valence-electron chi connectivity index (χ1n) is 7.16. The van der Waals surface area contributed by atoms with Gasteiger partial charge in [-0.25, -0.2) is 14.5 Å². The van der Waals surface area contributed by atoms with E-state index in [1.807, 2.05) is 0 Å². The number of carbonyl (C=O) groups is 1. The number of aromatic nitrogens is 4. The number of carboxylic acids is 1. The van der Waals surface area contributed by atoms with Crippen LogP contribution in [-0.2, 0) is 17.6 Å². The minimum atomic E-state index is -1.26. The Morgan fingerprint density at radius 2 is 2.41 bits per heavy atom. The Labute approximate surface area is 130 Å². The lowest BCUT2D eigenvalue weighted by Gasteiger charge is -2.17. The van der Waals surface area contributed by atoms with E-state index in [0.29, 0.717) is 11.7 Å². The van der Waals surface area contributed by atoms with Gasteiger partial charge in [-0.1, -0.05) is 6.92 Å². The summed E-state index contributed by atoms with van der Waals surface area (Å²) in [6.45, 7) is 2.27. The molecule has 0 radical (unpaired) electrons. The van der Waals surface area contributed by atoms with Gasteiger partial charge in [0.25, 0.3) is 0 Å². The van der Waals surface area contributed by atoms with Gasteiger partial charge in [0.05, 0.1) is 11.4 Å². The molecule has 3 aromatic heterocycles. The molecule has 3 heterocycles. The molecule has 1 aliphatic rings. The van der Waals surface area contributed by atoms with Crippen molar-refractivity contribution in [3.63, 3.8) is 0 Å². The van der Waals surface area contributed by atoms with E-state index in [-0.39, 0.29) is 0 Å². The zero-order chi connectivity index (χ0) is 15.3. The zero-order valence-electron chi connectivity index (χ0n) is 11.9. The Hall–Kier alpha value is -2.28. The molecule has 0 saturated heterocycles. The number of hydrogen-bond donors (Lipinski definition) is 0. The quantitative estimate of drug-likeness (QED) is 0.664. The van der Waals surface area contributed by atoms with Crippen molar-refractivity contribution in [3.05, 3.63) is 28.7 Å². The highest BCUT2D eigenvalue weighted by Crippen LogP contribution is 2.38. The third kappa shape index (κ3) is 2.09. The monoisotopic (exact) mass is 313 g/mol. The molecule has 0 spiro atoms. The molecule has 112 valence electrons. The van der Waals surface area contributed by atoms with Crippen LogP contribution in [0.4, 0.5) is 0 Å². The molecule has 0 aliphatic heterocycles. The molecule has 7 heteroatoms. The van der Waals surface area contributed by atoms with Gasteiger partial charge in [0, 0.05) is 4.88 Å². The third-order valence-electron chi connectivity index (χ3n) is 4.02. The minimum Gasteiger partial charge on any atom is -0.545 e. The molecule has 0 aromatic carbocycles. The summed E-state index contributed by atoms with van der Waals surface area (Å²) < 4.78 is 1.61. The number of aliphatic carboxylic acids is 1. The average molecular weight is 313 g/mol. The summed E-state index contributed by atoms with van der Waals surface area (Å²) in [6.07, 6.45) is 7.21. The maximum absolute atomic E-state index is 10.5. The molecule has 1 aliphatic carbocycles. The van der Waals surface area contributed by atoms with Crippen LogP contribution in [0.1, 0.15) is 29.6 Å². The van der Waals surface area contributed by atoms with Gasteiger partial charge in [0.1, 0.15) is 11.2 Å². The van der Waals surface area contributed by atoms with Crippen LogP contribution < -0.4 is 5.11 Å². The predicted molar refractivity (Wildman–Crippen MR) is 81.4 cm³/mol. The van der Waals surface area contributed by atoms with Gasteiger partial charge in [-0.2, -0.15) is 0 Å². The molecular formula is C15H13N4O2S-. The topological polar surface area (TPSA) is 83.2 Å². The fraction of sp³-hybridized carbons (Fsp3) is 0.333. The Bertz CT molecular complexity index is 925. The number of thiophene rings is 1. The summed E-state index contributed by atoms with van der Waals surface area (Å²) in [6, 6.07) is 0. The summed E-state index contributed by atoms with van der Waals surface area (Å²) in [5, 5.41) is 15.8. The summed E-state index contributed by atoms with van der Waals surface area (Å²) in [7, 11) is 0. The predicted octanol–water partition coefficient (Wildman–Crippen LogP) is 1.23. The largest absolute Gasteiger partial charge is 0.545 e. The van der Waals surface area contributed by atoms with Crippen LogP contribution in [0.15, 0.2) is 12.4 Å². The van der Waals surface area contributed by atoms with Gasteiger partial charge in [0.15, 0.2) is 11.5 Å². The van der Waals surface area contributed by atoms with Gasteiger partial charge in [-0.15, -0.1) is 16.4 Å². The van der Waals surface area contributed by atoms with Gasteiger partial charge in [0.2, 0.25) is 0 Å². The van der Waals surface area contributed by atoms with Crippen LogP contribution in [0.5, 0.6) is 0 Å². The molecule has 0 saturated carbocycles. The van der Waals surface area contributed by atoms with E-state index in [1.54, 1.807) is 22.2 Å². The smallest absolute Gasteiger partial charge is 0.175 e. The first kappa shape index (κ1) is 13.4. The molecule has 22 heavy (non-hydrogen) atoms. The van der Waals surface area contributed by atoms with E-state index in [2.05, 4.69) is 22.0 Å². The molecule has 0 N–H and O–H groups in total. The van der Waals surface area contributed by atoms with Gasteiger partial charge in [-0.3, -0.25) is 0 Å². The lowest BCUT2D eigenvalue weighted by molar-refractivity contribution is -0.297. The van der Waals surface area contributed by atoms with Crippen molar-refractivity contribution in [2.24, 2.45) is 5.92 Å². The SMILES string of the molecule is C[C@H]1CCc2c(sc3ncn4nc(/C=C/C(=O)[O-])nc4c23)C1. The molecule has 0 amide bonds. The highest BCUT2D eigenvalue weighted by Gasteiger charge is 2.23. The van der Waals surface area contributed by atoms with Crippen LogP contribution in [0.3, 0.4) is 0 Å². The summed E-state index contributed by atoms with van der Waals surface area (Å²) in [4.78, 5) is 21.8. The Balaban J connectivity index is 1.92. The van der Waals surface area contributed by atoms with Crippen LogP contribution in [0.25, 0.3) is 21.9 Å². The van der Waals surface area contributed by atoms with Crippen molar-refractivity contribution in [2.45, 2.75) is 26.2 Å². The van der Waals surface area contributed by atoms with Crippen LogP contribution >= 0.6 is 11.3 Å². The van der Waals surface area contributed by atoms with E-state index < -0.39 is 5.97 Å². The molecule has 0 unspecified atom stereocenters. The molecule has 4 rings (SSSR count). The highest BCUT2D eigenvalue weighted by molar-refractivity contribution is 7.19. The number of hydrogen-bond acceptors (Lipinski definition) is 6. The second kappa shape index (κ2) is 4.88. The van der Waals surface area contributed by atoms with E-state index in [0.717, 1.165) is 34.8 Å². The van der Waals surface area contributed by atoms with E-state index in [4.69, 9.17) is 0 Å². The Morgan fingerprint density at radius 3 is 3.23 bits per heavy atom. The third-order valence-corrected chi connectivity index (χ3v) is 5.18. The lowest BCUT2D eigenvalue weighted by atomic mass is 9.89. The Morgan fingerprint density at radius 1 is 1.55 bits per heavy atom. The average Bonchev–Trinajstić information content (AvgIpc) is 3.03. The summed E-state index contributed by atoms with van der Waals surface area (Å²) in [5.74, 6) is -0.206. The van der Waals surface area contributed by atoms with Gasteiger partial charge >= 0.3 is 0 Å². The number of nitrogens with zero attached hydrogens (tertiary/aromatic N) is 4. The molecular weight excluding hydrogens is 300 g/mol. The zero-order valence-corrected chi connectivity index (χ0v) is 12.8. The van der Waals surface area contributed by atoms with Crippen molar-refractivity contribution < 1.29 is 9.90 Å². The maximum Gasteiger partial charge on any atom is 0.175 e. The number of rotatable bonds is 2. The van der Waals surface area contributed by atoms with E-state index in [9.17, 15) is 9.90 Å². The summed E-state index contributed by atoms with van der Waals surface area (Å²) in [5.41, 5.74) is 2.08. The Kier molecular flexibility index (Phi) is 2.97. The summed E-state index contributed by atoms with van der Waals surface area (Å²) >= 11 is 1.73. The molecule has 0 fully saturated rings. The van der Waals surface area contributed by atoms with Crippen LogP contribution in [0.2, 0.25) is 0 Å². The van der Waals surface area contributed by atoms with Crippen LogP contribution in [0, 0.1) is 5.92 Å². The fourth-order valence-corrected chi connectivity index (χ4v) is 4.31. The van der Waals surface area contributed by atoms with E-state index in [1.165, 1.54) is 22.9 Å². The van der Waals surface area contributed by atoms with Crippen molar-refractivity contribution in [1.29, 1.82) is 0 Å². The number of carboxylic acid groups (broad SMARTS) is 1. The van der Waals surface area contributed by atoms with Gasteiger partial charge < -0.3 is 9.90 Å². The second-order valence-electron chi connectivity index (χ2n) is 5.67. The highest BCUT2D eigenvalue weighted by atomic mass is 32.1. The van der Waals surface area contributed by atoms with Crippen molar-refractivity contribution in [3.8, 4) is 0 Å². The fourth-order valence-electron chi connectivity index (χ4n) is 2.97. The normalized spacial score (nSPS) is 18.3. The van der Waals surface area contributed by atoms with E-state index >= 15 is 0 Å². The van der Waals surface area contributed by atoms with Crippen LogP contribution in [-0.4, -0.2) is 25.6 Å². The number of fused-ring (bicyclic) bond motifs is 5. The second-order valence-corrected chi connectivity index (χ2v) is 6.75. The molecule has 1 atom stereocenters. The molecule has 3 aromatic rings. The van der Waals surface area contributed by atoms with Gasteiger partial charge in [-0.05, 0) is 42.9 Å². The van der Waals surface area contributed by atoms with Crippen molar-refractivity contribution >= 4 is 39.2 Å².